The highest BCUT2D eigenvalue weighted by Gasteiger charge is 2.15. The molecule has 0 radical (unpaired) electrons. The van der Waals surface area contributed by atoms with Gasteiger partial charge in [0.15, 0.2) is 0 Å². The van der Waals surface area contributed by atoms with Crippen molar-refractivity contribution < 1.29 is 9.72 Å². The molecule has 5 rings (SSSR count). The number of carbonyl (C=O) groups is 1. The van der Waals surface area contributed by atoms with Crippen molar-refractivity contribution in [1.29, 1.82) is 0 Å². The number of hydrogen-bond donors (Lipinski definition) is 2. The van der Waals surface area contributed by atoms with E-state index in [2.05, 4.69) is 27.4 Å². The van der Waals surface area contributed by atoms with E-state index in [4.69, 9.17) is 9.97 Å². The number of amides is 2. The number of nitro groups is 1. The van der Waals surface area contributed by atoms with E-state index < -0.39 is 11.0 Å². The Kier molecular flexibility index (Phi) is 6.86. The van der Waals surface area contributed by atoms with E-state index in [1.807, 2.05) is 43.3 Å². The van der Waals surface area contributed by atoms with Crippen LogP contribution in [0.1, 0.15) is 12.6 Å². The van der Waals surface area contributed by atoms with Crippen molar-refractivity contribution in [1.82, 2.24) is 24.7 Å². The van der Waals surface area contributed by atoms with Crippen molar-refractivity contribution in [3.63, 3.8) is 0 Å². The predicted octanol–water partition coefficient (Wildman–Crippen LogP) is 6.02. The summed E-state index contributed by atoms with van der Waals surface area (Å²) >= 11 is 0. The lowest BCUT2D eigenvalue weighted by molar-refractivity contribution is -0.384. The topological polar surface area (TPSA) is 141 Å². The van der Waals surface area contributed by atoms with Crippen molar-refractivity contribution in [2.24, 2.45) is 0 Å². The number of nitro benzene ring substituents is 1. The summed E-state index contributed by atoms with van der Waals surface area (Å²) < 4.78 is 1.50. The zero-order valence-corrected chi connectivity index (χ0v) is 20.8. The lowest BCUT2D eigenvalue weighted by Crippen LogP contribution is -2.21. The molecule has 2 aromatic heterocycles. The average molecular weight is 519 g/mol. The zero-order valence-electron chi connectivity index (χ0n) is 20.8. The second-order valence-corrected chi connectivity index (χ2v) is 8.45. The van der Waals surface area contributed by atoms with Crippen LogP contribution in [0.4, 0.5) is 22.1 Å². The highest BCUT2D eigenvalue weighted by molar-refractivity contribution is 6.00. The number of allylic oxidation sites excluding steroid dienone is 3. The van der Waals surface area contributed by atoms with Gasteiger partial charge in [0, 0.05) is 23.4 Å². The largest absolute Gasteiger partial charge is 0.326 e. The standard InChI is InChI=1S/C28H22N8O3/c1-3-7-18(2)25-26(19-8-5-4-6-9-19)32-24-16-20(10-15-23(24)31-25)30-28(37)33-27-34-29-17-35(27)21-11-13-22(14-12-21)36(38)39/h3-17H,1H2,2H3,(H2,30,33,34,37)/b18-7+. The fourth-order valence-electron chi connectivity index (χ4n) is 3.97. The highest BCUT2D eigenvalue weighted by Crippen LogP contribution is 2.29. The molecule has 0 spiro atoms. The number of aromatic nitrogens is 5. The van der Waals surface area contributed by atoms with E-state index in [1.54, 1.807) is 24.3 Å². The van der Waals surface area contributed by atoms with Crippen LogP contribution in [0, 0.1) is 10.1 Å². The van der Waals surface area contributed by atoms with Gasteiger partial charge in [0.1, 0.15) is 6.33 Å². The number of benzene rings is 3. The second kappa shape index (κ2) is 10.7. The number of nitrogens with one attached hydrogen (secondary N) is 2. The van der Waals surface area contributed by atoms with Gasteiger partial charge >= 0.3 is 6.03 Å². The van der Waals surface area contributed by atoms with E-state index in [9.17, 15) is 14.9 Å². The molecule has 3 aromatic carbocycles. The lowest BCUT2D eigenvalue weighted by Gasteiger charge is -2.12. The summed E-state index contributed by atoms with van der Waals surface area (Å²) in [4.78, 5) is 33.0. The molecule has 2 heterocycles. The zero-order chi connectivity index (χ0) is 27.4. The summed E-state index contributed by atoms with van der Waals surface area (Å²) in [7, 11) is 0. The predicted molar refractivity (Wildman–Crippen MR) is 149 cm³/mol. The van der Waals surface area contributed by atoms with Gasteiger partial charge in [0.2, 0.25) is 5.95 Å². The number of nitrogens with zero attached hydrogens (tertiary/aromatic N) is 6. The third kappa shape index (κ3) is 5.37. The molecule has 2 N–H and O–H groups in total. The van der Waals surface area contributed by atoms with Gasteiger partial charge in [-0.05, 0) is 42.8 Å². The Morgan fingerprint density at radius 2 is 1.77 bits per heavy atom. The van der Waals surface area contributed by atoms with Gasteiger partial charge in [0.05, 0.1) is 33.0 Å². The molecule has 2 amide bonds. The molecule has 0 aliphatic carbocycles. The number of non-ortho nitro benzene ring substituents is 1. The Labute approximate surface area is 222 Å². The van der Waals surface area contributed by atoms with Crippen LogP contribution in [0.3, 0.4) is 0 Å². The number of fused-ring (bicyclic) bond motifs is 1. The molecule has 0 unspecified atom stereocenters. The Morgan fingerprint density at radius 1 is 1.00 bits per heavy atom. The number of carbonyl (C=O) groups excluding carboxylic acids is 1. The van der Waals surface area contributed by atoms with E-state index in [-0.39, 0.29) is 11.6 Å². The molecule has 5 aromatic rings. The molecule has 39 heavy (non-hydrogen) atoms. The third-order valence-electron chi connectivity index (χ3n) is 5.82. The lowest BCUT2D eigenvalue weighted by atomic mass is 10.0. The summed E-state index contributed by atoms with van der Waals surface area (Å²) in [6.07, 6.45) is 5.00. The van der Waals surface area contributed by atoms with Crippen molar-refractivity contribution in [2.75, 3.05) is 10.6 Å². The van der Waals surface area contributed by atoms with E-state index in [1.165, 1.54) is 35.2 Å². The molecule has 0 aliphatic heterocycles. The highest BCUT2D eigenvalue weighted by atomic mass is 16.6. The Bertz CT molecular complexity index is 1730. The molecular weight excluding hydrogens is 496 g/mol. The molecular formula is C28H22N8O3. The van der Waals surface area contributed by atoms with Gasteiger partial charge in [0.25, 0.3) is 5.69 Å². The van der Waals surface area contributed by atoms with Crippen LogP contribution in [0.15, 0.2) is 97.9 Å². The smallest absolute Gasteiger partial charge is 0.308 e. The maximum Gasteiger partial charge on any atom is 0.326 e. The number of urea groups is 1. The Hall–Kier alpha value is -5.71. The molecule has 0 saturated heterocycles. The molecule has 0 saturated carbocycles. The Morgan fingerprint density at radius 3 is 2.49 bits per heavy atom. The minimum atomic E-state index is -0.553. The summed E-state index contributed by atoms with van der Waals surface area (Å²) in [5.41, 5.74) is 5.59. The van der Waals surface area contributed by atoms with Crippen molar-refractivity contribution in [3.05, 3.63) is 114 Å². The van der Waals surface area contributed by atoms with Crippen LogP contribution in [0.2, 0.25) is 0 Å². The summed E-state index contributed by atoms with van der Waals surface area (Å²) in [5, 5.41) is 24.1. The molecule has 11 nitrogen and oxygen atoms in total. The van der Waals surface area contributed by atoms with Gasteiger partial charge in [-0.15, -0.1) is 10.2 Å². The molecule has 192 valence electrons. The summed E-state index contributed by atoms with van der Waals surface area (Å²) in [6.45, 7) is 5.74. The van der Waals surface area contributed by atoms with Crippen LogP contribution in [0.5, 0.6) is 0 Å². The SMILES string of the molecule is C=C/C=C(\C)c1nc2ccc(NC(=O)Nc3nncn3-c3ccc([N+](=O)[O-])cc3)cc2nc1-c1ccccc1. The van der Waals surface area contributed by atoms with Gasteiger partial charge in [-0.3, -0.25) is 20.0 Å². The van der Waals surface area contributed by atoms with Crippen LogP contribution < -0.4 is 10.6 Å². The minimum absolute atomic E-state index is 0.0482. The first kappa shape index (κ1) is 25.0. The van der Waals surface area contributed by atoms with Crippen LogP contribution in [0.25, 0.3) is 33.6 Å². The maximum absolute atomic E-state index is 12.8. The van der Waals surface area contributed by atoms with Gasteiger partial charge in [-0.2, -0.15) is 0 Å². The monoisotopic (exact) mass is 518 g/mol. The average Bonchev–Trinajstić information content (AvgIpc) is 3.40. The van der Waals surface area contributed by atoms with Crippen LogP contribution in [-0.2, 0) is 0 Å². The van der Waals surface area contributed by atoms with Crippen molar-refractivity contribution >= 4 is 40.0 Å². The van der Waals surface area contributed by atoms with E-state index in [0.717, 1.165) is 22.5 Å². The number of rotatable bonds is 7. The number of anilines is 2. The van der Waals surface area contributed by atoms with Gasteiger partial charge in [-0.1, -0.05) is 49.1 Å². The first-order chi connectivity index (χ1) is 18.9. The fourth-order valence-corrected chi connectivity index (χ4v) is 3.97. The molecule has 0 atom stereocenters. The number of hydrogen-bond acceptors (Lipinski definition) is 7. The van der Waals surface area contributed by atoms with Crippen LogP contribution in [-0.4, -0.2) is 35.7 Å². The van der Waals surface area contributed by atoms with Gasteiger partial charge < -0.3 is 5.32 Å². The first-order valence-electron chi connectivity index (χ1n) is 11.8. The summed E-state index contributed by atoms with van der Waals surface area (Å²) in [6, 6.07) is 20.3. The molecule has 0 bridgehead atoms. The molecule has 0 fully saturated rings. The minimum Gasteiger partial charge on any atom is -0.308 e. The van der Waals surface area contributed by atoms with E-state index in [0.29, 0.717) is 22.4 Å². The summed E-state index contributed by atoms with van der Waals surface area (Å²) in [5.74, 6) is 0.141. The maximum atomic E-state index is 12.8. The second-order valence-electron chi connectivity index (χ2n) is 8.45. The molecule has 11 heteroatoms. The quantitative estimate of drug-likeness (QED) is 0.152. The van der Waals surface area contributed by atoms with Gasteiger partial charge in [-0.25, -0.2) is 14.8 Å². The normalized spacial score (nSPS) is 11.3. The van der Waals surface area contributed by atoms with Crippen molar-refractivity contribution in [2.45, 2.75) is 6.92 Å². The first-order valence-corrected chi connectivity index (χ1v) is 11.8. The third-order valence-corrected chi connectivity index (χ3v) is 5.82. The fraction of sp³-hybridized carbons (Fsp3) is 0.0357. The Balaban J connectivity index is 1.41. The molecule has 0 aliphatic rings. The van der Waals surface area contributed by atoms with E-state index >= 15 is 0 Å². The van der Waals surface area contributed by atoms with Crippen LogP contribution >= 0.6 is 0 Å². The van der Waals surface area contributed by atoms with Crippen molar-refractivity contribution in [3.8, 4) is 16.9 Å².